The largest absolute Gasteiger partial charge is 0.393 e. The Labute approximate surface area is 287 Å². The second-order valence-electron chi connectivity index (χ2n) is 17.6. The molecule has 0 bridgehead atoms. The van der Waals surface area contributed by atoms with Crippen LogP contribution in [-0.4, -0.2) is 46.2 Å². The average molecular weight is 653 g/mol. The van der Waals surface area contributed by atoms with E-state index in [4.69, 9.17) is 4.74 Å². The van der Waals surface area contributed by atoms with Crippen molar-refractivity contribution in [1.29, 1.82) is 0 Å². The highest BCUT2D eigenvalue weighted by Crippen LogP contribution is 2.87. The van der Waals surface area contributed by atoms with E-state index in [0.29, 0.717) is 41.7 Å². The van der Waals surface area contributed by atoms with Gasteiger partial charge in [0.1, 0.15) is 6.04 Å². The number of amides is 2. The molecule has 2 N–H and O–H groups in total. The smallest absolute Gasteiger partial charge is 0.245 e. The highest BCUT2D eigenvalue weighted by molar-refractivity contribution is 5.87. The summed E-state index contributed by atoms with van der Waals surface area (Å²) in [4.78, 5) is 29.3. The van der Waals surface area contributed by atoms with E-state index in [0.717, 1.165) is 42.7 Å². The van der Waals surface area contributed by atoms with Crippen LogP contribution in [-0.2, 0) is 27.4 Å². The van der Waals surface area contributed by atoms with Crippen molar-refractivity contribution in [2.75, 3.05) is 0 Å². The number of rotatable bonds is 7. The minimum absolute atomic E-state index is 0.00585. The van der Waals surface area contributed by atoms with Gasteiger partial charge in [0.05, 0.1) is 18.3 Å². The molecular formula is C42H56N2O4. The Morgan fingerprint density at radius 2 is 1.54 bits per heavy atom. The molecule has 2 amide bonds. The predicted octanol–water partition coefficient (Wildman–Crippen LogP) is 7.29. The minimum atomic E-state index is -0.688. The summed E-state index contributed by atoms with van der Waals surface area (Å²) in [7, 11) is 0. The molecule has 6 fully saturated rings. The summed E-state index contributed by atoms with van der Waals surface area (Å²) >= 11 is 0. The summed E-state index contributed by atoms with van der Waals surface area (Å²) in [6.07, 6.45) is 11.2. The molecule has 5 aliphatic carbocycles. The summed E-state index contributed by atoms with van der Waals surface area (Å²) in [6, 6.07) is 19.3. The van der Waals surface area contributed by atoms with Gasteiger partial charge in [-0.3, -0.25) is 9.59 Å². The number of carbonyl (C=O) groups is 2. The van der Waals surface area contributed by atoms with E-state index < -0.39 is 6.04 Å². The molecule has 8 rings (SSSR count). The number of ether oxygens (including phenoxy) is 1. The van der Waals surface area contributed by atoms with Crippen LogP contribution in [0.5, 0.6) is 0 Å². The highest BCUT2D eigenvalue weighted by atomic mass is 16.5. The summed E-state index contributed by atoms with van der Waals surface area (Å²) in [5, 5.41) is 14.2. The lowest BCUT2D eigenvalue weighted by molar-refractivity contribution is -0.159. The predicted molar refractivity (Wildman–Crippen MR) is 186 cm³/mol. The molecule has 0 radical (unpaired) electrons. The zero-order chi connectivity index (χ0) is 33.5. The average Bonchev–Trinajstić information content (AvgIpc) is 3.66. The van der Waals surface area contributed by atoms with E-state index in [-0.39, 0.29) is 41.0 Å². The fourth-order valence-electron chi connectivity index (χ4n) is 13.1. The van der Waals surface area contributed by atoms with Crippen LogP contribution < -0.4 is 5.32 Å². The van der Waals surface area contributed by atoms with Crippen molar-refractivity contribution in [3.8, 4) is 0 Å². The van der Waals surface area contributed by atoms with Crippen LogP contribution >= 0.6 is 0 Å². The number of fused-ring (bicyclic) bond motifs is 4. The monoisotopic (exact) mass is 652 g/mol. The number of aliphatic hydroxyl groups excluding tert-OH is 1. The molecule has 6 heteroatoms. The lowest BCUT2D eigenvalue weighted by atomic mass is 9.46. The Balaban J connectivity index is 1.04. The van der Waals surface area contributed by atoms with E-state index in [2.05, 4.69) is 26.1 Å². The van der Waals surface area contributed by atoms with Crippen molar-refractivity contribution in [2.45, 2.75) is 129 Å². The second kappa shape index (κ2) is 11.7. The molecule has 1 aliphatic heterocycles. The summed E-state index contributed by atoms with van der Waals surface area (Å²) in [5.41, 5.74) is 3.20. The maximum Gasteiger partial charge on any atom is 0.245 e. The van der Waals surface area contributed by atoms with Crippen molar-refractivity contribution in [3.63, 3.8) is 0 Å². The number of aliphatic hydroxyl groups is 1. The maximum atomic E-state index is 14.2. The first-order valence-electron chi connectivity index (χ1n) is 19.0. The topological polar surface area (TPSA) is 78.9 Å². The van der Waals surface area contributed by atoms with Crippen LogP contribution in [0.3, 0.4) is 0 Å². The normalized spacial score (nSPS) is 41.0. The third-order valence-corrected chi connectivity index (χ3v) is 15.5. The molecule has 5 saturated carbocycles. The summed E-state index contributed by atoms with van der Waals surface area (Å²) < 4.78 is 7.16. The number of nitrogens with zero attached hydrogens (tertiary/aromatic N) is 1. The van der Waals surface area contributed by atoms with E-state index in [1.807, 2.05) is 60.7 Å². The van der Waals surface area contributed by atoms with Gasteiger partial charge >= 0.3 is 0 Å². The van der Waals surface area contributed by atoms with E-state index >= 15 is 0 Å². The molecule has 1 saturated heterocycles. The molecule has 6 nitrogen and oxygen atoms in total. The van der Waals surface area contributed by atoms with Gasteiger partial charge in [0.15, 0.2) is 0 Å². The van der Waals surface area contributed by atoms with Gasteiger partial charge in [-0.25, -0.2) is 0 Å². The molecule has 11 atom stereocenters. The molecule has 6 aliphatic rings. The minimum Gasteiger partial charge on any atom is -0.393 e. The molecule has 258 valence electrons. The van der Waals surface area contributed by atoms with Crippen molar-refractivity contribution >= 4 is 11.8 Å². The van der Waals surface area contributed by atoms with Crippen molar-refractivity contribution in [3.05, 3.63) is 71.8 Å². The van der Waals surface area contributed by atoms with Crippen LogP contribution in [0.4, 0.5) is 0 Å². The van der Waals surface area contributed by atoms with E-state index in [9.17, 15) is 14.7 Å². The van der Waals surface area contributed by atoms with Crippen molar-refractivity contribution < 1.29 is 19.4 Å². The van der Waals surface area contributed by atoms with Gasteiger partial charge < -0.3 is 20.1 Å². The summed E-state index contributed by atoms with van der Waals surface area (Å²) in [5.74, 6) is 2.29. The van der Waals surface area contributed by atoms with Crippen LogP contribution in [0.25, 0.3) is 0 Å². The zero-order valence-corrected chi connectivity index (χ0v) is 29.5. The molecule has 2 aromatic rings. The number of carbonyl (C=O) groups excluding carboxylic acids is 2. The molecule has 2 spiro atoms. The third-order valence-electron chi connectivity index (χ3n) is 15.5. The lowest BCUT2D eigenvalue weighted by Gasteiger charge is -2.59. The molecule has 1 heterocycles. The van der Waals surface area contributed by atoms with Crippen LogP contribution in [0.2, 0.25) is 0 Å². The maximum absolute atomic E-state index is 14.2. The van der Waals surface area contributed by atoms with Gasteiger partial charge in [-0.2, -0.15) is 0 Å². The SMILES string of the molecule is CC(=O)N(Cc1ccccc1)C(C(=O)NCc1ccccc1)C1CCC2C(CC3C4CCC5C(C)(C)[C@@H](O)CC[C@@]56C[C@@]46CCC23C)O1. The van der Waals surface area contributed by atoms with Gasteiger partial charge in [0.25, 0.3) is 0 Å². The standard InChI is InChI=1S/C42H56N2O4/c1-27(45)44(25-29-13-9-6-10-14-29)37(38(47)43-24-28-11-7-5-8-12-28)33-17-15-31-34(48-33)23-32-30-16-18-35-39(2,3)36(46)19-20-42(35)26-41(30,42)22-21-40(31,32)4/h5-14,30-37,46H,15-26H2,1-4H3,(H,43,47)/t30?,31?,32?,33?,34?,35?,36-,37?,40?,41-,42+/m0/s1. The number of benzene rings is 2. The lowest BCUT2D eigenvalue weighted by Crippen LogP contribution is -2.57. The van der Waals surface area contributed by atoms with Crippen LogP contribution in [0.1, 0.15) is 103 Å². The fraction of sp³-hybridized carbons (Fsp3) is 0.667. The van der Waals surface area contributed by atoms with Crippen molar-refractivity contribution in [2.24, 2.45) is 45.3 Å². The van der Waals surface area contributed by atoms with Crippen molar-refractivity contribution in [1.82, 2.24) is 10.2 Å². The van der Waals surface area contributed by atoms with Crippen LogP contribution in [0.15, 0.2) is 60.7 Å². The molecule has 8 unspecified atom stereocenters. The van der Waals surface area contributed by atoms with E-state index in [1.54, 1.807) is 11.8 Å². The van der Waals surface area contributed by atoms with Gasteiger partial charge in [-0.1, -0.05) is 81.4 Å². The highest BCUT2D eigenvalue weighted by Gasteiger charge is 2.80. The number of hydrogen-bond donors (Lipinski definition) is 2. The zero-order valence-electron chi connectivity index (χ0n) is 29.5. The Kier molecular flexibility index (Phi) is 7.91. The Bertz CT molecular complexity index is 1530. The number of hydrogen-bond acceptors (Lipinski definition) is 4. The summed E-state index contributed by atoms with van der Waals surface area (Å²) in [6.45, 7) is 9.66. The molecular weight excluding hydrogens is 596 g/mol. The van der Waals surface area contributed by atoms with Gasteiger partial charge in [0.2, 0.25) is 11.8 Å². The molecule has 2 aromatic carbocycles. The van der Waals surface area contributed by atoms with Gasteiger partial charge in [-0.15, -0.1) is 0 Å². The second-order valence-corrected chi connectivity index (χ2v) is 17.6. The van der Waals surface area contributed by atoms with Gasteiger partial charge in [-0.05, 0) is 121 Å². The Hall–Kier alpha value is -2.70. The Morgan fingerprint density at radius 3 is 2.25 bits per heavy atom. The molecule has 48 heavy (non-hydrogen) atoms. The third kappa shape index (κ3) is 4.86. The van der Waals surface area contributed by atoms with E-state index in [1.165, 1.54) is 38.5 Å². The first-order valence-corrected chi connectivity index (χ1v) is 19.0. The fourth-order valence-corrected chi connectivity index (χ4v) is 13.1. The van der Waals surface area contributed by atoms with Crippen LogP contribution in [0, 0.1) is 45.3 Å². The first kappa shape index (κ1) is 32.5. The van der Waals surface area contributed by atoms with Gasteiger partial charge in [0, 0.05) is 20.0 Å². The Morgan fingerprint density at radius 1 is 0.854 bits per heavy atom. The number of nitrogens with one attached hydrogen (secondary N) is 1. The quantitative estimate of drug-likeness (QED) is 0.330. The first-order chi connectivity index (χ1) is 23.0. The molecule has 0 aromatic heterocycles.